The van der Waals surface area contributed by atoms with Gasteiger partial charge in [0.1, 0.15) is 0 Å². The van der Waals surface area contributed by atoms with E-state index >= 15 is 0 Å². The van der Waals surface area contributed by atoms with Crippen molar-refractivity contribution in [1.29, 1.82) is 0 Å². The van der Waals surface area contributed by atoms with Gasteiger partial charge in [-0.1, -0.05) is 11.6 Å². The van der Waals surface area contributed by atoms with Crippen LogP contribution >= 0.6 is 11.6 Å². The SMILES string of the molecule is COCCN(C)S(=O)(=O)c1ccc(Cl)c(CNC2CC2)c1. The molecule has 0 saturated heterocycles. The highest BCUT2D eigenvalue weighted by Gasteiger charge is 2.23. The van der Waals surface area contributed by atoms with Crippen LogP contribution in [0.1, 0.15) is 18.4 Å². The predicted molar refractivity (Wildman–Crippen MR) is 83.0 cm³/mol. The molecule has 1 aliphatic carbocycles. The van der Waals surface area contributed by atoms with Crippen LogP contribution in [-0.2, 0) is 21.3 Å². The zero-order valence-electron chi connectivity index (χ0n) is 12.3. The fraction of sp³-hybridized carbons (Fsp3) is 0.571. The number of benzene rings is 1. The Labute approximate surface area is 131 Å². The summed E-state index contributed by atoms with van der Waals surface area (Å²) in [5.74, 6) is 0. The topological polar surface area (TPSA) is 58.6 Å². The van der Waals surface area contributed by atoms with Crippen LogP contribution in [-0.4, -0.2) is 46.1 Å². The smallest absolute Gasteiger partial charge is 0.242 e. The third-order valence-electron chi connectivity index (χ3n) is 3.49. The number of likely N-dealkylation sites (N-methyl/N-ethyl adjacent to an activating group) is 1. The maximum Gasteiger partial charge on any atom is 0.242 e. The Bertz CT molecular complexity index is 588. The Morgan fingerprint density at radius 1 is 1.43 bits per heavy atom. The van der Waals surface area contributed by atoms with Gasteiger partial charge in [0.15, 0.2) is 0 Å². The van der Waals surface area contributed by atoms with Crippen LogP contribution in [0.5, 0.6) is 0 Å². The molecule has 0 aromatic heterocycles. The molecule has 1 N–H and O–H groups in total. The van der Waals surface area contributed by atoms with E-state index in [4.69, 9.17) is 16.3 Å². The zero-order chi connectivity index (χ0) is 15.5. The van der Waals surface area contributed by atoms with Crippen molar-refractivity contribution in [3.8, 4) is 0 Å². The molecular weight excluding hydrogens is 312 g/mol. The van der Waals surface area contributed by atoms with E-state index in [1.54, 1.807) is 32.4 Å². The number of sulfonamides is 1. The second kappa shape index (κ2) is 7.07. The summed E-state index contributed by atoms with van der Waals surface area (Å²) in [4.78, 5) is 0.262. The van der Waals surface area contributed by atoms with E-state index in [-0.39, 0.29) is 4.90 Å². The average Bonchev–Trinajstić information content (AvgIpc) is 3.27. The summed E-state index contributed by atoms with van der Waals surface area (Å²) in [6.07, 6.45) is 2.35. The van der Waals surface area contributed by atoms with Gasteiger partial charge in [-0.2, -0.15) is 4.31 Å². The Balaban J connectivity index is 2.15. The Kier molecular flexibility index (Phi) is 5.62. The first-order valence-electron chi connectivity index (χ1n) is 6.92. The molecule has 0 radical (unpaired) electrons. The molecule has 7 heteroatoms. The van der Waals surface area contributed by atoms with E-state index in [1.807, 2.05) is 0 Å². The molecule has 1 aliphatic rings. The van der Waals surface area contributed by atoms with Crippen LogP contribution in [0.15, 0.2) is 23.1 Å². The molecule has 1 saturated carbocycles. The van der Waals surface area contributed by atoms with Crippen LogP contribution in [0.2, 0.25) is 5.02 Å². The van der Waals surface area contributed by atoms with Crippen LogP contribution in [0.25, 0.3) is 0 Å². The van der Waals surface area contributed by atoms with E-state index in [1.165, 1.54) is 17.1 Å². The van der Waals surface area contributed by atoms with E-state index < -0.39 is 10.0 Å². The lowest BCUT2D eigenvalue weighted by molar-refractivity contribution is 0.185. The number of methoxy groups -OCH3 is 1. The molecule has 21 heavy (non-hydrogen) atoms. The van der Waals surface area contributed by atoms with Crippen LogP contribution < -0.4 is 5.32 Å². The first kappa shape index (κ1) is 16.7. The van der Waals surface area contributed by atoms with Gasteiger partial charge in [-0.05, 0) is 36.6 Å². The number of halogens is 1. The molecule has 1 aromatic rings. The Morgan fingerprint density at radius 3 is 2.76 bits per heavy atom. The van der Waals surface area contributed by atoms with Gasteiger partial charge in [0.05, 0.1) is 11.5 Å². The number of hydrogen-bond donors (Lipinski definition) is 1. The standard InChI is InChI=1S/C14H21ClN2O3S/c1-17(7-8-20-2)21(18,19)13-5-6-14(15)11(9-13)10-16-12-3-4-12/h5-6,9,12,16H,3-4,7-8,10H2,1-2H3. The second-order valence-electron chi connectivity index (χ2n) is 5.23. The molecule has 0 amide bonds. The monoisotopic (exact) mass is 332 g/mol. The molecule has 0 heterocycles. The van der Waals surface area contributed by atoms with Crippen molar-refractivity contribution in [2.45, 2.75) is 30.3 Å². The summed E-state index contributed by atoms with van der Waals surface area (Å²) < 4.78 is 31.1. The summed E-state index contributed by atoms with van der Waals surface area (Å²) >= 11 is 6.14. The molecule has 118 valence electrons. The van der Waals surface area contributed by atoms with Gasteiger partial charge in [0.2, 0.25) is 10.0 Å². The quantitative estimate of drug-likeness (QED) is 0.789. The van der Waals surface area contributed by atoms with Gasteiger partial charge >= 0.3 is 0 Å². The van der Waals surface area contributed by atoms with E-state index in [2.05, 4.69) is 5.32 Å². The van der Waals surface area contributed by atoms with Crippen molar-refractivity contribution in [1.82, 2.24) is 9.62 Å². The molecule has 2 rings (SSSR count). The lowest BCUT2D eigenvalue weighted by Gasteiger charge is -2.17. The zero-order valence-corrected chi connectivity index (χ0v) is 13.9. The fourth-order valence-corrected chi connectivity index (χ4v) is 3.30. The average molecular weight is 333 g/mol. The maximum absolute atomic E-state index is 12.5. The molecular formula is C14H21ClN2O3S. The fourth-order valence-electron chi connectivity index (χ4n) is 1.91. The highest BCUT2D eigenvalue weighted by atomic mass is 35.5. The van der Waals surface area contributed by atoms with Crippen molar-refractivity contribution in [2.75, 3.05) is 27.3 Å². The number of rotatable bonds is 8. The molecule has 0 bridgehead atoms. The van der Waals surface area contributed by atoms with E-state index in [9.17, 15) is 8.42 Å². The summed E-state index contributed by atoms with van der Waals surface area (Å²) in [5, 5.41) is 3.93. The molecule has 0 atom stereocenters. The van der Waals surface area contributed by atoms with Crippen LogP contribution in [0.4, 0.5) is 0 Å². The van der Waals surface area contributed by atoms with Crippen molar-refractivity contribution < 1.29 is 13.2 Å². The maximum atomic E-state index is 12.5. The number of hydrogen-bond acceptors (Lipinski definition) is 4. The summed E-state index contributed by atoms with van der Waals surface area (Å²) in [5.41, 5.74) is 0.810. The summed E-state index contributed by atoms with van der Waals surface area (Å²) in [7, 11) is -0.414. The molecule has 0 unspecified atom stereocenters. The van der Waals surface area contributed by atoms with Crippen molar-refractivity contribution in [2.24, 2.45) is 0 Å². The van der Waals surface area contributed by atoms with Crippen molar-refractivity contribution in [3.05, 3.63) is 28.8 Å². The third kappa shape index (κ3) is 4.40. The minimum absolute atomic E-state index is 0.262. The highest BCUT2D eigenvalue weighted by Crippen LogP contribution is 2.24. The Morgan fingerprint density at radius 2 is 2.14 bits per heavy atom. The van der Waals surface area contributed by atoms with Crippen molar-refractivity contribution in [3.63, 3.8) is 0 Å². The van der Waals surface area contributed by atoms with Crippen LogP contribution in [0.3, 0.4) is 0 Å². The number of nitrogens with one attached hydrogen (secondary N) is 1. The van der Waals surface area contributed by atoms with Crippen LogP contribution in [0, 0.1) is 0 Å². The summed E-state index contributed by atoms with van der Waals surface area (Å²) in [6.45, 7) is 1.27. The second-order valence-corrected chi connectivity index (χ2v) is 7.68. The normalized spacial score (nSPS) is 15.6. The largest absolute Gasteiger partial charge is 0.383 e. The minimum atomic E-state index is -3.51. The highest BCUT2D eigenvalue weighted by molar-refractivity contribution is 7.89. The van der Waals surface area contributed by atoms with E-state index in [0.29, 0.717) is 30.8 Å². The van der Waals surface area contributed by atoms with Gasteiger partial charge in [-0.3, -0.25) is 0 Å². The Hall–Kier alpha value is -0.660. The molecule has 1 fully saturated rings. The summed E-state index contributed by atoms with van der Waals surface area (Å²) in [6, 6.07) is 5.38. The van der Waals surface area contributed by atoms with Gasteiger partial charge in [0.25, 0.3) is 0 Å². The third-order valence-corrected chi connectivity index (χ3v) is 5.72. The molecule has 0 aliphatic heterocycles. The van der Waals surface area contributed by atoms with Gasteiger partial charge < -0.3 is 10.1 Å². The lowest BCUT2D eigenvalue weighted by atomic mass is 10.2. The minimum Gasteiger partial charge on any atom is -0.383 e. The number of ether oxygens (including phenoxy) is 1. The first-order valence-corrected chi connectivity index (χ1v) is 8.74. The van der Waals surface area contributed by atoms with Gasteiger partial charge in [0, 0.05) is 38.3 Å². The predicted octanol–water partition coefficient (Wildman–Crippen LogP) is 1.86. The molecule has 1 aromatic carbocycles. The van der Waals surface area contributed by atoms with Gasteiger partial charge in [-0.15, -0.1) is 0 Å². The molecule has 0 spiro atoms. The molecule has 5 nitrogen and oxygen atoms in total. The number of nitrogens with zero attached hydrogens (tertiary/aromatic N) is 1. The first-order chi connectivity index (χ1) is 9.95. The van der Waals surface area contributed by atoms with E-state index in [0.717, 1.165) is 5.56 Å². The van der Waals surface area contributed by atoms with Crippen molar-refractivity contribution >= 4 is 21.6 Å². The lowest BCUT2D eigenvalue weighted by Crippen LogP contribution is -2.30. The van der Waals surface area contributed by atoms with Gasteiger partial charge in [-0.25, -0.2) is 8.42 Å².